The molecule has 0 fully saturated rings. The highest BCUT2D eigenvalue weighted by Crippen LogP contribution is 2.25. The van der Waals surface area contributed by atoms with E-state index in [4.69, 9.17) is 20.3 Å². The molecular formula is C19H16N2O4. The van der Waals surface area contributed by atoms with Crippen LogP contribution in [0.25, 0.3) is 0 Å². The predicted molar refractivity (Wildman–Crippen MR) is 91.6 cm³/mol. The molecule has 3 rings (SSSR count). The molecule has 1 unspecified atom stereocenters. The molecule has 0 aliphatic rings. The van der Waals surface area contributed by atoms with Crippen molar-refractivity contribution in [2.45, 2.75) is 19.6 Å². The highest BCUT2D eigenvalue weighted by Gasteiger charge is 2.16. The number of ether oxygens (including phenoxy) is 2. The minimum absolute atomic E-state index is 0.0561. The zero-order valence-corrected chi connectivity index (χ0v) is 13.6. The Bertz CT molecular complexity index is 921. The van der Waals surface area contributed by atoms with E-state index in [0.29, 0.717) is 11.5 Å². The molecule has 0 bridgehead atoms. The summed E-state index contributed by atoms with van der Waals surface area (Å²) in [6, 6.07) is 16.6. The summed E-state index contributed by atoms with van der Waals surface area (Å²) >= 11 is 0. The Kier molecular flexibility index (Phi) is 4.86. The Morgan fingerprint density at radius 3 is 2.44 bits per heavy atom. The molecule has 0 N–H and O–H groups in total. The molecule has 6 heteroatoms. The molecule has 0 saturated heterocycles. The molecule has 6 nitrogen and oxygen atoms in total. The van der Waals surface area contributed by atoms with Gasteiger partial charge in [0.05, 0.1) is 0 Å². The van der Waals surface area contributed by atoms with Crippen LogP contribution in [0.4, 0.5) is 0 Å². The highest BCUT2D eigenvalue weighted by molar-refractivity contribution is 5.35. The maximum Gasteiger partial charge on any atom is 0.438 e. The fourth-order valence-corrected chi connectivity index (χ4v) is 2.14. The highest BCUT2D eigenvalue weighted by atomic mass is 16.5. The second-order valence-electron chi connectivity index (χ2n) is 5.21. The van der Waals surface area contributed by atoms with Gasteiger partial charge in [0.2, 0.25) is 0 Å². The van der Waals surface area contributed by atoms with Gasteiger partial charge in [0, 0.05) is 0 Å². The maximum atomic E-state index is 11.6. The van der Waals surface area contributed by atoms with Crippen LogP contribution in [0.15, 0.2) is 63.8 Å². The summed E-state index contributed by atoms with van der Waals surface area (Å²) in [5.74, 6) is 3.95. The summed E-state index contributed by atoms with van der Waals surface area (Å²) in [6.45, 7) is 1.79. The van der Waals surface area contributed by atoms with Crippen molar-refractivity contribution in [2.24, 2.45) is 0 Å². The molecule has 1 aromatic heterocycles. The largest absolute Gasteiger partial charge is 0.481 e. The third-order valence-corrected chi connectivity index (χ3v) is 3.33. The normalized spacial score (nSPS) is 11.5. The number of terminal acetylenes is 1. The van der Waals surface area contributed by atoms with Crippen LogP contribution >= 0.6 is 0 Å². The van der Waals surface area contributed by atoms with Gasteiger partial charge in [-0.05, 0) is 43.3 Å². The smallest absolute Gasteiger partial charge is 0.438 e. The molecule has 0 amide bonds. The summed E-state index contributed by atoms with van der Waals surface area (Å²) in [7, 11) is 0. The van der Waals surface area contributed by atoms with E-state index in [9.17, 15) is 4.79 Å². The molecule has 0 aliphatic heterocycles. The topological polar surface area (TPSA) is 66.5 Å². The second-order valence-corrected chi connectivity index (χ2v) is 5.21. The lowest BCUT2D eigenvalue weighted by molar-refractivity contribution is 0.186. The van der Waals surface area contributed by atoms with E-state index in [1.807, 2.05) is 30.3 Å². The monoisotopic (exact) mass is 336 g/mol. The first-order chi connectivity index (χ1) is 12.2. The van der Waals surface area contributed by atoms with Crippen LogP contribution in [0.5, 0.6) is 17.2 Å². The Balaban J connectivity index is 1.66. The van der Waals surface area contributed by atoms with Gasteiger partial charge in [0.1, 0.15) is 23.8 Å². The third-order valence-electron chi connectivity index (χ3n) is 3.33. The second kappa shape index (κ2) is 7.41. The van der Waals surface area contributed by atoms with Crippen molar-refractivity contribution in [2.75, 3.05) is 0 Å². The van der Waals surface area contributed by atoms with Crippen molar-refractivity contribution in [3.63, 3.8) is 0 Å². The van der Waals surface area contributed by atoms with Crippen LogP contribution in [0.1, 0.15) is 18.9 Å². The quantitative estimate of drug-likeness (QED) is 0.646. The van der Waals surface area contributed by atoms with Gasteiger partial charge in [-0.15, -0.1) is 11.5 Å². The number of aromatic nitrogens is 2. The van der Waals surface area contributed by atoms with Gasteiger partial charge in [-0.1, -0.05) is 24.1 Å². The molecular weight excluding hydrogens is 320 g/mol. The Morgan fingerprint density at radius 1 is 1.12 bits per heavy atom. The van der Waals surface area contributed by atoms with Gasteiger partial charge in [0.15, 0.2) is 6.10 Å². The lowest BCUT2D eigenvalue weighted by Gasteiger charge is -2.11. The van der Waals surface area contributed by atoms with E-state index < -0.39 is 11.9 Å². The fraction of sp³-hybridized carbons (Fsp3) is 0.158. The summed E-state index contributed by atoms with van der Waals surface area (Å²) in [4.78, 5) is 11.6. The summed E-state index contributed by atoms with van der Waals surface area (Å²) in [5, 5.41) is 4.01. The van der Waals surface area contributed by atoms with E-state index >= 15 is 0 Å². The zero-order chi connectivity index (χ0) is 17.6. The van der Waals surface area contributed by atoms with Crippen molar-refractivity contribution in [3.8, 4) is 29.6 Å². The lowest BCUT2D eigenvalue weighted by Crippen LogP contribution is -2.14. The minimum Gasteiger partial charge on any atom is -0.481 e. The molecule has 126 valence electrons. The molecule has 1 atom stereocenters. The van der Waals surface area contributed by atoms with Gasteiger partial charge >= 0.3 is 5.76 Å². The van der Waals surface area contributed by atoms with Crippen molar-refractivity contribution in [1.29, 1.82) is 0 Å². The number of nitrogens with zero attached hydrogens (tertiary/aromatic N) is 2. The first-order valence-electron chi connectivity index (χ1n) is 7.66. The van der Waals surface area contributed by atoms with Gasteiger partial charge in [0.25, 0.3) is 5.89 Å². The average Bonchev–Trinajstić information content (AvgIpc) is 2.99. The fourth-order valence-electron chi connectivity index (χ4n) is 2.14. The van der Waals surface area contributed by atoms with E-state index in [0.717, 1.165) is 10.4 Å². The molecule has 0 saturated carbocycles. The van der Waals surface area contributed by atoms with Crippen LogP contribution < -0.4 is 15.2 Å². The maximum absolute atomic E-state index is 11.6. The number of hydrogen-bond acceptors (Lipinski definition) is 5. The Labute approximate surface area is 144 Å². The van der Waals surface area contributed by atoms with E-state index in [1.54, 1.807) is 31.2 Å². The van der Waals surface area contributed by atoms with E-state index in [1.165, 1.54) is 0 Å². The SMILES string of the molecule is C#CCn1nc(C(C)Oc2ccc(Oc3ccccc3)cc2)oc1=O. The zero-order valence-electron chi connectivity index (χ0n) is 13.6. The molecule has 25 heavy (non-hydrogen) atoms. The molecule has 0 aliphatic carbocycles. The first-order valence-corrected chi connectivity index (χ1v) is 7.66. The van der Waals surface area contributed by atoms with Gasteiger partial charge in [-0.2, -0.15) is 4.68 Å². The van der Waals surface area contributed by atoms with Crippen LogP contribution in [-0.2, 0) is 6.54 Å². The number of hydrogen-bond donors (Lipinski definition) is 0. The minimum atomic E-state index is -0.602. The van der Waals surface area contributed by atoms with Crippen molar-refractivity contribution in [1.82, 2.24) is 9.78 Å². The van der Waals surface area contributed by atoms with Gasteiger partial charge in [-0.25, -0.2) is 4.79 Å². The molecule has 2 aromatic carbocycles. The van der Waals surface area contributed by atoms with Crippen molar-refractivity contribution in [3.05, 3.63) is 71.0 Å². The number of benzene rings is 2. The van der Waals surface area contributed by atoms with Crippen LogP contribution in [-0.4, -0.2) is 9.78 Å². The van der Waals surface area contributed by atoms with Crippen LogP contribution in [0.3, 0.4) is 0 Å². The standard InChI is InChI=1S/C19H16N2O4/c1-3-13-21-19(22)25-18(20-21)14(2)23-16-9-11-17(12-10-16)24-15-7-5-4-6-8-15/h1,4-12,14H,13H2,2H3. The number of para-hydroxylation sites is 1. The van der Waals surface area contributed by atoms with Crippen molar-refractivity contribution >= 4 is 0 Å². The van der Waals surface area contributed by atoms with Gasteiger partial charge in [-0.3, -0.25) is 0 Å². The summed E-state index contributed by atoms with van der Waals surface area (Å²) in [5.41, 5.74) is 0. The third kappa shape index (κ3) is 4.09. The molecule has 0 radical (unpaired) electrons. The average molecular weight is 336 g/mol. The molecule has 0 spiro atoms. The summed E-state index contributed by atoms with van der Waals surface area (Å²) in [6.07, 6.45) is 4.64. The Hall–Kier alpha value is -3.46. The van der Waals surface area contributed by atoms with Gasteiger partial charge < -0.3 is 13.9 Å². The summed E-state index contributed by atoms with van der Waals surface area (Å²) < 4.78 is 17.6. The number of rotatable bonds is 6. The van der Waals surface area contributed by atoms with E-state index in [-0.39, 0.29) is 12.4 Å². The van der Waals surface area contributed by atoms with Crippen molar-refractivity contribution < 1.29 is 13.9 Å². The van der Waals surface area contributed by atoms with E-state index in [2.05, 4.69) is 11.0 Å². The molecule has 1 heterocycles. The molecule has 3 aromatic rings. The Morgan fingerprint density at radius 2 is 1.76 bits per heavy atom. The predicted octanol–water partition coefficient (Wildman–Crippen LogP) is 3.40. The van der Waals surface area contributed by atoms with Crippen LogP contribution in [0.2, 0.25) is 0 Å². The lowest BCUT2D eigenvalue weighted by atomic mass is 10.3. The first kappa shape index (κ1) is 16.4. The van der Waals surface area contributed by atoms with Crippen LogP contribution in [0, 0.1) is 12.3 Å².